The highest BCUT2D eigenvalue weighted by molar-refractivity contribution is 5.87. The Morgan fingerprint density at radius 2 is 1.42 bits per heavy atom. The van der Waals surface area contributed by atoms with E-state index in [2.05, 4.69) is 30.5 Å². The van der Waals surface area contributed by atoms with Crippen molar-refractivity contribution in [1.29, 1.82) is 0 Å². The maximum absolute atomic E-state index is 5.52. The van der Waals surface area contributed by atoms with E-state index in [1.165, 1.54) is 0 Å². The van der Waals surface area contributed by atoms with Gasteiger partial charge in [0.15, 0.2) is 11.5 Å². The Labute approximate surface area is 190 Å². The molecular weight excluding hydrogens is 422 g/mol. The molecule has 0 bridgehead atoms. The lowest BCUT2D eigenvalue weighted by molar-refractivity contribution is 0.122. The molecule has 3 N–H and O–H groups in total. The van der Waals surface area contributed by atoms with Gasteiger partial charge < -0.3 is 34.7 Å². The van der Waals surface area contributed by atoms with Gasteiger partial charge in [0, 0.05) is 24.5 Å². The van der Waals surface area contributed by atoms with E-state index in [1.807, 2.05) is 48.5 Å². The van der Waals surface area contributed by atoms with E-state index in [1.54, 1.807) is 14.2 Å². The Morgan fingerprint density at radius 1 is 0.818 bits per heavy atom. The fourth-order valence-corrected chi connectivity index (χ4v) is 3.62. The van der Waals surface area contributed by atoms with Gasteiger partial charge in [-0.15, -0.1) is 0 Å². The van der Waals surface area contributed by atoms with Gasteiger partial charge >= 0.3 is 0 Å². The van der Waals surface area contributed by atoms with Crippen LogP contribution in [0.2, 0.25) is 0 Å². The van der Waals surface area contributed by atoms with E-state index in [0.29, 0.717) is 30.8 Å². The minimum absolute atomic E-state index is 0.469. The quantitative estimate of drug-likeness (QED) is 0.391. The SMILES string of the molecule is COc1ccc(Nc2nc(N3CCOCC3)c3[nH]c(Nc4ccc(OC)cc4)nc3n2)cc1. The number of hydrogen-bond acceptors (Lipinski definition) is 9. The summed E-state index contributed by atoms with van der Waals surface area (Å²) in [6.07, 6.45) is 0. The smallest absolute Gasteiger partial charge is 0.231 e. The first-order valence-electron chi connectivity index (χ1n) is 10.6. The molecule has 0 unspecified atom stereocenters. The van der Waals surface area contributed by atoms with Gasteiger partial charge in [0.1, 0.15) is 17.0 Å². The van der Waals surface area contributed by atoms with E-state index >= 15 is 0 Å². The van der Waals surface area contributed by atoms with Crippen LogP contribution in [0.1, 0.15) is 0 Å². The number of rotatable bonds is 7. The number of morpholine rings is 1. The molecule has 0 saturated carbocycles. The number of H-pyrrole nitrogens is 1. The highest BCUT2D eigenvalue weighted by Crippen LogP contribution is 2.28. The standard InChI is InChI=1S/C23H25N7O3/c1-31-17-7-3-15(4-8-17)24-22-26-19-20(27-22)28-23(25-16-5-9-18(32-2)10-6-16)29-21(19)30-11-13-33-14-12-30/h3-10H,11-14H2,1-2H3,(H3,24,25,26,27,28,29). The van der Waals surface area contributed by atoms with Gasteiger partial charge in [0.05, 0.1) is 27.4 Å². The summed E-state index contributed by atoms with van der Waals surface area (Å²) in [6, 6.07) is 15.2. The summed E-state index contributed by atoms with van der Waals surface area (Å²) in [5, 5.41) is 6.56. The van der Waals surface area contributed by atoms with Gasteiger partial charge in [0.25, 0.3) is 0 Å². The molecule has 0 radical (unpaired) electrons. The van der Waals surface area contributed by atoms with Crippen LogP contribution in [0.25, 0.3) is 11.2 Å². The van der Waals surface area contributed by atoms with Crippen LogP contribution < -0.4 is 25.0 Å². The van der Waals surface area contributed by atoms with Crippen molar-refractivity contribution in [3.8, 4) is 11.5 Å². The molecule has 1 aliphatic heterocycles. The Balaban J connectivity index is 1.48. The van der Waals surface area contributed by atoms with Crippen molar-refractivity contribution < 1.29 is 14.2 Å². The number of benzene rings is 2. The highest BCUT2D eigenvalue weighted by Gasteiger charge is 2.20. The Bertz CT molecular complexity index is 1220. The predicted octanol–water partition coefficient (Wildman–Crippen LogP) is 3.69. The van der Waals surface area contributed by atoms with Crippen molar-refractivity contribution in [2.75, 3.05) is 56.1 Å². The fraction of sp³-hybridized carbons (Fsp3) is 0.261. The number of ether oxygens (including phenoxy) is 3. The van der Waals surface area contributed by atoms with Gasteiger partial charge in [-0.3, -0.25) is 0 Å². The number of methoxy groups -OCH3 is 2. The summed E-state index contributed by atoms with van der Waals surface area (Å²) in [6.45, 7) is 2.79. The average Bonchev–Trinajstić information content (AvgIpc) is 3.27. The van der Waals surface area contributed by atoms with Gasteiger partial charge in [-0.05, 0) is 48.5 Å². The van der Waals surface area contributed by atoms with Gasteiger partial charge in [-0.2, -0.15) is 15.0 Å². The lowest BCUT2D eigenvalue weighted by Gasteiger charge is -2.28. The number of nitrogens with one attached hydrogen (secondary N) is 3. The molecule has 1 saturated heterocycles. The summed E-state index contributed by atoms with van der Waals surface area (Å²) in [7, 11) is 3.29. The maximum Gasteiger partial charge on any atom is 0.231 e. The number of anilines is 5. The Hall–Kier alpha value is -4.05. The van der Waals surface area contributed by atoms with Crippen LogP contribution in [0.15, 0.2) is 48.5 Å². The minimum Gasteiger partial charge on any atom is -0.497 e. The molecule has 0 amide bonds. The molecule has 4 aromatic rings. The second-order valence-corrected chi connectivity index (χ2v) is 7.46. The second kappa shape index (κ2) is 9.21. The molecule has 10 nitrogen and oxygen atoms in total. The molecule has 170 valence electrons. The number of aromatic amines is 1. The molecule has 10 heteroatoms. The fourth-order valence-electron chi connectivity index (χ4n) is 3.62. The van der Waals surface area contributed by atoms with Crippen molar-refractivity contribution in [2.45, 2.75) is 0 Å². The van der Waals surface area contributed by atoms with Crippen molar-refractivity contribution in [3.63, 3.8) is 0 Å². The molecule has 1 aliphatic rings. The third-order valence-electron chi connectivity index (χ3n) is 5.34. The molecule has 2 aromatic heterocycles. The van der Waals surface area contributed by atoms with Crippen LogP contribution in [-0.2, 0) is 4.74 Å². The maximum atomic E-state index is 5.52. The Morgan fingerprint density at radius 3 is 2.03 bits per heavy atom. The lowest BCUT2D eigenvalue weighted by atomic mass is 10.3. The zero-order chi connectivity index (χ0) is 22.6. The van der Waals surface area contributed by atoms with Crippen molar-refractivity contribution >= 4 is 40.3 Å². The number of aromatic nitrogens is 4. The van der Waals surface area contributed by atoms with Crippen molar-refractivity contribution in [1.82, 2.24) is 19.9 Å². The van der Waals surface area contributed by atoms with Crippen molar-refractivity contribution in [2.24, 2.45) is 0 Å². The number of nitrogens with zero attached hydrogens (tertiary/aromatic N) is 4. The van der Waals surface area contributed by atoms with Crippen LogP contribution in [-0.4, -0.2) is 60.5 Å². The molecule has 0 atom stereocenters. The first-order valence-corrected chi connectivity index (χ1v) is 10.6. The third kappa shape index (κ3) is 4.60. The number of fused-ring (bicyclic) bond motifs is 1. The van der Waals surface area contributed by atoms with E-state index in [9.17, 15) is 0 Å². The predicted molar refractivity (Wildman–Crippen MR) is 127 cm³/mol. The normalized spacial score (nSPS) is 13.7. The largest absolute Gasteiger partial charge is 0.497 e. The molecule has 0 aliphatic carbocycles. The van der Waals surface area contributed by atoms with E-state index in [0.717, 1.165) is 47.3 Å². The lowest BCUT2D eigenvalue weighted by Crippen LogP contribution is -2.37. The van der Waals surface area contributed by atoms with Crippen molar-refractivity contribution in [3.05, 3.63) is 48.5 Å². The zero-order valence-corrected chi connectivity index (χ0v) is 18.5. The van der Waals surface area contributed by atoms with Crippen LogP contribution in [0.3, 0.4) is 0 Å². The summed E-state index contributed by atoms with van der Waals surface area (Å²) in [4.78, 5) is 19.6. The number of hydrogen-bond donors (Lipinski definition) is 3. The topological polar surface area (TPSA) is 109 Å². The van der Waals surface area contributed by atoms with E-state index in [-0.39, 0.29) is 0 Å². The first-order chi connectivity index (χ1) is 16.2. The third-order valence-corrected chi connectivity index (χ3v) is 5.34. The molecule has 2 aromatic carbocycles. The molecule has 0 spiro atoms. The molecule has 1 fully saturated rings. The summed E-state index contributed by atoms with van der Waals surface area (Å²) >= 11 is 0. The molecular formula is C23H25N7O3. The average molecular weight is 447 g/mol. The van der Waals surface area contributed by atoms with Crippen LogP contribution in [0, 0.1) is 0 Å². The van der Waals surface area contributed by atoms with Crippen LogP contribution in [0.4, 0.5) is 29.1 Å². The minimum atomic E-state index is 0.469. The molecule has 5 rings (SSSR count). The van der Waals surface area contributed by atoms with Crippen LogP contribution >= 0.6 is 0 Å². The second-order valence-electron chi connectivity index (χ2n) is 7.46. The monoisotopic (exact) mass is 447 g/mol. The molecule has 3 heterocycles. The van der Waals surface area contributed by atoms with Gasteiger partial charge in [-0.1, -0.05) is 0 Å². The Kier molecular flexibility index (Phi) is 5.81. The highest BCUT2D eigenvalue weighted by atomic mass is 16.5. The summed E-state index contributed by atoms with van der Waals surface area (Å²) < 4.78 is 16.0. The van der Waals surface area contributed by atoms with Gasteiger partial charge in [0.2, 0.25) is 11.9 Å². The number of imidazole rings is 1. The summed E-state index contributed by atoms with van der Waals surface area (Å²) in [5.74, 6) is 3.42. The van der Waals surface area contributed by atoms with Gasteiger partial charge in [-0.25, -0.2) is 0 Å². The first kappa shape index (κ1) is 20.8. The van der Waals surface area contributed by atoms with E-state index in [4.69, 9.17) is 19.2 Å². The molecule has 33 heavy (non-hydrogen) atoms. The van der Waals surface area contributed by atoms with Crippen LogP contribution in [0.5, 0.6) is 11.5 Å². The summed E-state index contributed by atoms with van der Waals surface area (Å²) in [5.41, 5.74) is 3.08. The zero-order valence-electron chi connectivity index (χ0n) is 18.5. The van der Waals surface area contributed by atoms with E-state index < -0.39 is 0 Å².